The van der Waals surface area contributed by atoms with E-state index in [1.54, 1.807) is 11.3 Å². The highest BCUT2D eigenvalue weighted by atomic mass is 32.1. The van der Waals surface area contributed by atoms with Crippen LogP contribution in [0.1, 0.15) is 43.7 Å². The summed E-state index contributed by atoms with van der Waals surface area (Å²) in [4.78, 5) is 7.08. The van der Waals surface area contributed by atoms with Crippen molar-refractivity contribution in [2.45, 2.75) is 50.7 Å². The van der Waals surface area contributed by atoms with Crippen LogP contribution in [0, 0.1) is 0 Å². The van der Waals surface area contributed by atoms with Crippen molar-refractivity contribution in [1.29, 1.82) is 0 Å². The van der Waals surface area contributed by atoms with Gasteiger partial charge in [-0.1, -0.05) is 6.42 Å². The van der Waals surface area contributed by atoms with Crippen molar-refractivity contribution in [3.05, 3.63) is 16.6 Å². The predicted molar refractivity (Wildman–Crippen MR) is 71.3 cm³/mol. The van der Waals surface area contributed by atoms with Crippen molar-refractivity contribution >= 4 is 11.3 Å². The van der Waals surface area contributed by atoms with E-state index in [0.717, 1.165) is 6.04 Å². The summed E-state index contributed by atoms with van der Waals surface area (Å²) in [6, 6.07) is 1.86. The van der Waals surface area contributed by atoms with Gasteiger partial charge < -0.3 is 5.32 Å². The maximum absolute atomic E-state index is 4.40. The summed E-state index contributed by atoms with van der Waals surface area (Å²) in [6.07, 6.45) is 7.39. The number of thiazole rings is 1. The monoisotopic (exact) mass is 251 g/mol. The number of nitrogens with zero attached hydrogens (tertiary/aromatic N) is 2. The fourth-order valence-corrected chi connectivity index (χ4v) is 3.94. The Morgan fingerprint density at radius 2 is 2.35 bits per heavy atom. The summed E-state index contributed by atoms with van der Waals surface area (Å²) in [5, 5.41) is 7.07. The molecule has 0 aromatic carbocycles. The number of nitrogens with one attached hydrogen (secondary N) is 1. The Kier molecular flexibility index (Phi) is 3.45. The molecule has 3 atom stereocenters. The van der Waals surface area contributed by atoms with Gasteiger partial charge in [0, 0.05) is 30.2 Å². The quantitative estimate of drug-likeness (QED) is 0.894. The molecule has 4 heteroatoms. The van der Waals surface area contributed by atoms with Gasteiger partial charge in [-0.05, 0) is 32.7 Å². The van der Waals surface area contributed by atoms with Gasteiger partial charge in [0.15, 0.2) is 0 Å². The number of hydrogen-bond acceptors (Lipinski definition) is 4. The van der Waals surface area contributed by atoms with Gasteiger partial charge in [-0.2, -0.15) is 0 Å². The Labute approximate surface area is 107 Å². The zero-order chi connectivity index (χ0) is 11.7. The van der Waals surface area contributed by atoms with Crippen LogP contribution >= 0.6 is 11.3 Å². The van der Waals surface area contributed by atoms with Gasteiger partial charge in [0.05, 0.1) is 6.04 Å². The van der Waals surface area contributed by atoms with E-state index in [2.05, 4.69) is 27.5 Å². The van der Waals surface area contributed by atoms with Gasteiger partial charge in [0.1, 0.15) is 5.01 Å². The average Bonchev–Trinajstić information content (AvgIpc) is 2.98. The molecule has 3 nitrogen and oxygen atoms in total. The molecule has 0 aliphatic carbocycles. The molecule has 0 spiro atoms. The van der Waals surface area contributed by atoms with E-state index in [4.69, 9.17) is 0 Å². The van der Waals surface area contributed by atoms with Crippen LogP contribution in [0.5, 0.6) is 0 Å². The summed E-state index contributed by atoms with van der Waals surface area (Å²) in [7, 11) is 0. The molecule has 3 rings (SSSR count). The highest BCUT2D eigenvalue weighted by Crippen LogP contribution is 2.29. The Morgan fingerprint density at radius 3 is 3.18 bits per heavy atom. The second-order valence-electron chi connectivity index (χ2n) is 5.25. The maximum atomic E-state index is 4.40. The first-order chi connectivity index (χ1) is 8.34. The topological polar surface area (TPSA) is 28.2 Å². The van der Waals surface area contributed by atoms with Crippen LogP contribution < -0.4 is 5.32 Å². The minimum Gasteiger partial charge on any atom is -0.304 e. The zero-order valence-electron chi connectivity index (χ0n) is 10.4. The lowest BCUT2D eigenvalue weighted by molar-refractivity contribution is 0.177. The molecule has 1 aromatic heterocycles. The maximum Gasteiger partial charge on any atom is 0.109 e. The average molecular weight is 251 g/mol. The van der Waals surface area contributed by atoms with E-state index in [0.29, 0.717) is 12.1 Å². The minimum absolute atomic E-state index is 0.405. The van der Waals surface area contributed by atoms with Crippen molar-refractivity contribution in [2.75, 3.05) is 13.1 Å². The lowest BCUT2D eigenvalue weighted by Crippen LogP contribution is -2.45. The predicted octanol–water partition coefficient (Wildman–Crippen LogP) is 2.42. The third-order valence-electron chi connectivity index (χ3n) is 4.14. The second kappa shape index (κ2) is 5.04. The summed E-state index contributed by atoms with van der Waals surface area (Å²) in [6.45, 7) is 4.84. The molecule has 94 valence electrons. The number of aromatic nitrogens is 1. The van der Waals surface area contributed by atoms with Gasteiger partial charge in [0.2, 0.25) is 0 Å². The highest BCUT2D eigenvalue weighted by Gasteiger charge is 2.36. The summed E-state index contributed by atoms with van der Waals surface area (Å²) in [5.41, 5.74) is 0. The van der Waals surface area contributed by atoms with Crippen molar-refractivity contribution in [3.63, 3.8) is 0 Å². The van der Waals surface area contributed by atoms with Crippen LogP contribution in [0.25, 0.3) is 0 Å². The zero-order valence-corrected chi connectivity index (χ0v) is 11.2. The first-order valence-corrected chi connectivity index (χ1v) is 7.62. The molecule has 0 saturated carbocycles. The first kappa shape index (κ1) is 11.6. The van der Waals surface area contributed by atoms with E-state index < -0.39 is 0 Å². The van der Waals surface area contributed by atoms with Gasteiger partial charge in [-0.3, -0.25) is 4.90 Å². The largest absolute Gasteiger partial charge is 0.304 e. The van der Waals surface area contributed by atoms with Crippen molar-refractivity contribution in [1.82, 2.24) is 15.2 Å². The van der Waals surface area contributed by atoms with Crippen LogP contribution in [0.3, 0.4) is 0 Å². The fourth-order valence-electron chi connectivity index (χ4n) is 3.28. The smallest absolute Gasteiger partial charge is 0.109 e. The molecular weight excluding hydrogens is 230 g/mol. The molecule has 0 amide bonds. The Hall–Kier alpha value is -0.450. The molecule has 2 aliphatic heterocycles. The van der Waals surface area contributed by atoms with E-state index >= 15 is 0 Å². The SMILES string of the molecule is CC(NC1CCN2CCCCC12)c1nccs1. The van der Waals surface area contributed by atoms with Gasteiger partial charge in [0.25, 0.3) is 0 Å². The van der Waals surface area contributed by atoms with Crippen LogP contribution in [0.4, 0.5) is 0 Å². The molecule has 1 N–H and O–H groups in total. The van der Waals surface area contributed by atoms with E-state index in [9.17, 15) is 0 Å². The third kappa shape index (κ3) is 2.39. The molecule has 3 heterocycles. The molecule has 1 aromatic rings. The van der Waals surface area contributed by atoms with Crippen LogP contribution in [0.15, 0.2) is 11.6 Å². The molecular formula is C13H21N3S. The van der Waals surface area contributed by atoms with Gasteiger partial charge in [-0.25, -0.2) is 4.98 Å². The second-order valence-corrected chi connectivity index (χ2v) is 6.18. The lowest BCUT2D eigenvalue weighted by Gasteiger charge is -2.33. The molecule has 17 heavy (non-hydrogen) atoms. The Bertz CT molecular complexity index is 352. The van der Waals surface area contributed by atoms with Gasteiger partial charge in [-0.15, -0.1) is 11.3 Å². The fraction of sp³-hybridized carbons (Fsp3) is 0.769. The number of rotatable bonds is 3. The van der Waals surface area contributed by atoms with Gasteiger partial charge >= 0.3 is 0 Å². The standard InChI is InChI=1S/C13H21N3S/c1-10(13-14-6-9-17-13)15-11-5-8-16-7-3-2-4-12(11)16/h6,9-12,15H,2-5,7-8H2,1H3. The molecule has 0 radical (unpaired) electrons. The lowest BCUT2D eigenvalue weighted by atomic mass is 9.98. The Balaban J connectivity index is 1.62. The summed E-state index contributed by atoms with van der Waals surface area (Å²) in [5.74, 6) is 0. The molecule has 2 aliphatic rings. The van der Waals surface area contributed by atoms with Crippen molar-refractivity contribution in [2.24, 2.45) is 0 Å². The van der Waals surface area contributed by atoms with Crippen LogP contribution in [-0.2, 0) is 0 Å². The van der Waals surface area contributed by atoms with E-state index in [-0.39, 0.29) is 0 Å². The van der Waals surface area contributed by atoms with Crippen LogP contribution in [-0.4, -0.2) is 35.1 Å². The Morgan fingerprint density at radius 1 is 1.41 bits per heavy atom. The van der Waals surface area contributed by atoms with Crippen molar-refractivity contribution in [3.8, 4) is 0 Å². The normalized spacial score (nSPS) is 31.4. The molecule has 0 bridgehead atoms. The number of fused-ring (bicyclic) bond motifs is 1. The summed E-state index contributed by atoms with van der Waals surface area (Å²) >= 11 is 1.76. The minimum atomic E-state index is 0.405. The molecule has 2 saturated heterocycles. The van der Waals surface area contributed by atoms with Crippen molar-refractivity contribution < 1.29 is 0 Å². The molecule has 3 unspecified atom stereocenters. The summed E-state index contributed by atoms with van der Waals surface area (Å²) < 4.78 is 0. The first-order valence-electron chi connectivity index (χ1n) is 6.74. The third-order valence-corrected chi connectivity index (χ3v) is 5.10. The van der Waals surface area contributed by atoms with E-state index in [1.165, 1.54) is 43.8 Å². The van der Waals surface area contributed by atoms with Crippen LogP contribution in [0.2, 0.25) is 0 Å². The molecule has 2 fully saturated rings. The number of piperidine rings is 1. The highest BCUT2D eigenvalue weighted by molar-refractivity contribution is 7.09. The van der Waals surface area contributed by atoms with E-state index in [1.807, 2.05) is 6.20 Å². The number of hydrogen-bond donors (Lipinski definition) is 1.